The average molecular weight is 270 g/mol. The highest BCUT2D eigenvalue weighted by Crippen LogP contribution is 2.28. The van der Waals surface area contributed by atoms with Crippen LogP contribution in [0.3, 0.4) is 0 Å². The summed E-state index contributed by atoms with van der Waals surface area (Å²) in [5.41, 5.74) is 6.49. The van der Waals surface area contributed by atoms with Crippen LogP contribution in [0, 0.1) is 5.82 Å². The van der Waals surface area contributed by atoms with Gasteiger partial charge in [-0.2, -0.15) is 0 Å². The summed E-state index contributed by atoms with van der Waals surface area (Å²) in [7, 11) is 1.32. The number of methoxy groups -OCH3 is 1. The number of anilines is 2. The van der Waals surface area contributed by atoms with Crippen molar-refractivity contribution >= 4 is 17.3 Å². The Balaban J connectivity index is 2.74. The highest BCUT2D eigenvalue weighted by atomic mass is 19.1. The normalized spacial score (nSPS) is 10.4. The Hall–Kier alpha value is -1.98. The van der Waals surface area contributed by atoms with Crippen LogP contribution >= 0.6 is 0 Å². The molecule has 0 aliphatic carbocycles. The van der Waals surface area contributed by atoms with Crippen LogP contribution in [0.1, 0.15) is 20.3 Å². The van der Waals surface area contributed by atoms with Gasteiger partial charge in [0.2, 0.25) is 0 Å². The maximum absolute atomic E-state index is 13.6. The van der Waals surface area contributed by atoms with Gasteiger partial charge < -0.3 is 20.5 Å². The van der Waals surface area contributed by atoms with Crippen LogP contribution in [0.25, 0.3) is 0 Å². The molecule has 19 heavy (non-hydrogen) atoms. The Morgan fingerprint density at radius 3 is 2.74 bits per heavy atom. The molecule has 0 aromatic heterocycles. The second-order valence-electron chi connectivity index (χ2n) is 4.29. The van der Waals surface area contributed by atoms with Crippen LogP contribution in [0.4, 0.5) is 15.8 Å². The standard InChI is InChI=1S/C13H19FN2O3/c1-8(2)19-12-7-11(10(15)6-9(12)14)16-5-4-13(17)18-3/h6-8,16H,4-5,15H2,1-3H3. The Labute approximate surface area is 111 Å². The maximum Gasteiger partial charge on any atom is 0.307 e. The lowest BCUT2D eigenvalue weighted by Crippen LogP contribution is -2.12. The monoisotopic (exact) mass is 270 g/mol. The molecule has 0 fully saturated rings. The van der Waals surface area contributed by atoms with Gasteiger partial charge in [0, 0.05) is 18.7 Å². The topological polar surface area (TPSA) is 73.6 Å². The number of carbonyl (C=O) groups is 1. The van der Waals surface area contributed by atoms with Gasteiger partial charge in [0.15, 0.2) is 11.6 Å². The van der Waals surface area contributed by atoms with Crippen molar-refractivity contribution in [1.29, 1.82) is 0 Å². The van der Waals surface area contributed by atoms with E-state index >= 15 is 0 Å². The lowest BCUT2D eigenvalue weighted by atomic mass is 10.2. The molecule has 0 bridgehead atoms. The number of halogens is 1. The zero-order valence-corrected chi connectivity index (χ0v) is 11.3. The van der Waals surface area contributed by atoms with Crippen LogP contribution in [0.2, 0.25) is 0 Å². The average Bonchev–Trinajstić information content (AvgIpc) is 2.33. The molecule has 0 saturated carbocycles. The van der Waals surface area contributed by atoms with Gasteiger partial charge in [0.1, 0.15) is 0 Å². The molecular weight excluding hydrogens is 251 g/mol. The van der Waals surface area contributed by atoms with Gasteiger partial charge in [0.05, 0.1) is 31.0 Å². The summed E-state index contributed by atoms with van der Waals surface area (Å²) < 4.78 is 23.4. The van der Waals surface area contributed by atoms with Gasteiger partial charge in [-0.05, 0) is 13.8 Å². The fraction of sp³-hybridized carbons (Fsp3) is 0.462. The van der Waals surface area contributed by atoms with Crippen molar-refractivity contribution < 1.29 is 18.7 Å². The number of benzene rings is 1. The number of rotatable bonds is 6. The van der Waals surface area contributed by atoms with Crippen LogP contribution in [-0.2, 0) is 9.53 Å². The summed E-state index contributed by atoms with van der Waals surface area (Å²) in [5.74, 6) is -0.707. The first kappa shape index (κ1) is 15.1. The lowest BCUT2D eigenvalue weighted by molar-refractivity contribution is -0.140. The van der Waals surface area contributed by atoms with Crippen molar-refractivity contribution in [2.24, 2.45) is 0 Å². The molecule has 0 heterocycles. The van der Waals surface area contributed by atoms with Crippen molar-refractivity contribution in [2.75, 3.05) is 24.7 Å². The molecule has 0 amide bonds. The van der Waals surface area contributed by atoms with E-state index in [4.69, 9.17) is 10.5 Å². The third kappa shape index (κ3) is 4.65. The lowest BCUT2D eigenvalue weighted by Gasteiger charge is -2.14. The van der Waals surface area contributed by atoms with E-state index in [1.54, 1.807) is 13.8 Å². The van der Waals surface area contributed by atoms with Crippen LogP contribution in [0.5, 0.6) is 5.75 Å². The number of nitrogen functional groups attached to an aromatic ring is 1. The summed E-state index contributed by atoms with van der Waals surface area (Å²) in [6, 6.07) is 2.68. The van der Waals surface area contributed by atoms with E-state index in [0.717, 1.165) is 0 Å². The van der Waals surface area contributed by atoms with E-state index in [1.807, 2.05) is 0 Å². The van der Waals surface area contributed by atoms with Crippen molar-refractivity contribution in [3.8, 4) is 5.75 Å². The first-order chi connectivity index (χ1) is 8.93. The molecule has 1 aromatic rings. The molecular formula is C13H19FN2O3. The summed E-state index contributed by atoms with van der Waals surface area (Å²) >= 11 is 0. The Morgan fingerprint density at radius 1 is 1.47 bits per heavy atom. The van der Waals surface area contributed by atoms with Crippen molar-refractivity contribution in [3.63, 3.8) is 0 Å². The van der Waals surface area contributed by atoms with Gasteiger partial charge in [-0.3, -0.25) is 4.79 Å². The van der Waals surface area contributed by atoms with Gasteiger partial charge >= 0.3 is 5.97 Å². The Bertz CT molecular complexity index is 450. The highest BCUT2D eigenvalue weighted by molar-refractivity contribution is 5.72. The van der Waals surface area contributed by atoms with Gasteiger partial charge in [0.25, 0.3) is 0 Å². The van der Waals surface area contributed by atoms with Gasteiger partial charge in [-0.25, -0.2) is 4.39 Å². The summed E-state index contributed by atoms with van der Waals surface area (Å²) in [5, 5.41) is 2.95. The molecule has 0 radical (unpaired) electrons. The number of hydrogen-bond donors (Lipinski definition) is 2. The summed E-state index contributed by atoms with van der Waals surface area (Å²) in [6.07, 6.45) is 0.0641. The number of nitrogens with two attached hydrogens (primary N) is 1. The molecule has 0 spiro atoms. The highest BCUT2D eigenvalue weighted by Gasteiger charge is 2.10. The number of carbonyl (C=O) groups excluding carboxylic acids is 1. The minimum Gasteiger partial charge on any atom is -0.488 e. The fourth-order valence-corrected chi connectivity index (χ4v) is 1.47. The smallest absolute Gasteiger partial charge is 0.307 e. The van der Waals surface area contributed by atoms with Crippen LogP contribution < -0.4 is 15.8 Å². The Morgan fingerprint density at radius 2 is 2.16 bits per heavy atom. The third-order valence-electron chi connectivity index (χ3n) is 2.34. The Kier molecular flexibility index (Phi) is 5.41. The quantitative estimate of drug-likeness (QED) is 0.612. The van der Waals surface area contributed by atoms with E-state index in [0.29, 0.717) is 12.2 Å². The zero-order valence-electron chi connectivity index (χ0n) is 11.3. The molecule has 1 aromatic carbocycles. The molecule has 0 saturated heterocycles. The van der Waals surface area contributed by atoms with E-state index in [-0.39, 0.29) is 29.9 Å². The third-order valence-corrected chi connectivity index (χ3v) is 2.34. The predicted octanol–water partition coefficient (Wildman–Crippen LogP) is 2.17. The van der Waals surface area contributed by atoms with E-state index in [9.17, 15) is 9.18 Å². The molecule has 0 aliphatic rings. The van der Waals surface area contributed by atoms with Crippen molar-refractivity contribution in [2.45, 2.75) is 26.4 Å². The molecule has 1 rings (SSSR count). The number of ether oxygens (including phenoxy) is 2. The fourth-order valence-electron chi connectivity index (χ4n) is 1.47. The predicted molar refractivity (Wildman–Crippen MR) is 71.7 cm³/mol. The maximum atomic E-state index is 13.6. The van der Waals surface area contributed by atoms with Crippen LogP contribution in [-0.4, -0.2) is 25.7 Å². The number of nitrogens with one attached hydrogen (secondary N) is 1. The molecule has 0 atom stereocenters. The van der Waals surface area contributed by atoms with E-state index in [1.165, 1.54) is 19.2 Å². The number of hydrogen-bond acceptors (Lipinski definition) is 5. The van der Waals surface area contributed by atoms with E-state index in [2.05, 4.69) is 10.1 Å². The molecule has 5 nitrogen and oxygen atoms in total. The zero-order chi connectivity index (χ0) is 14.4. The van der Waals surface area contributed by atoms with E-state index < -0.39 is 5.82 Å². The van der Waals surface area contributed by atoms with Gasteiger partial charge in [-0.1, -0.05) is 0 Å². The minimum absolute atomic E-state index is 0.129. The second-order valence-corrected chi connectivity index (χ2v) is 4.29. The first-order valence-electron chi connectivity index (χ1n) is 6.00. The molecule has 106 valence electrons. The first-order valence-corrected chi connectivity index (χ1v) is 6.00. The van der Waals surface area contributed by atoms with Gasteiger partial charge in [-0.15, -0.1) is 0 Å². The van der Waals surface area contributed by atoms with Crippen molar-refractivity contribution in [3.05, 3.63) is 17.9 Å². The molecule has 6 heteroatoms. The largest absolute Gasteiger partial charge is 0.488 e. The summed E-state index contributed by atoms with van der Waals surface area (Å²) in [4.78, 5) is 11.0. The molecule has 3 N–H and O–H groups in total. The molecule has 0 aliphatic heterocycles. The molecule has 0 unspecified atom stereocenters. The SMILES string of the molecule is COC(=O)CCNc1cc(OC(C)C)c(F)cc1N. The minimum atomic E-state index is -0.510. The number of esters is 1. The van der Waals surface area contributed by atoms with Crippen LogP contribution in [0.15, 0.2) is 12.1 Å². The second kappa shape index (κ2) is 6.82. The summed E-state index contributed by atoms with van der Waals surface area (Å²) in [6.45, 7) is 3.96. The van der Waals surface area contributed by atoms with Crippen molar-refractivity contribution in [1.82, 2.24) is 0 Å².